The number of alkyl halides is 3. The van der Waals surface area contributed by atoms with Gasteiger partial charge >= 0.3 is 6.36 Å². The molecule has 0 bridgehead atoms. The predicted octanol–water partition coefficient (Wildman–Crippen LogP) is 3.14. The van der Waals surface area contributed by atoms with Gasteiger partial charge < -0.3 is 4.74 Å². The highest BCUT2D eigenvalue weighted by Gasteiger charge is 2.30. The van der Waals surface area contributed by atoms with Crippen LogP contribution in [-0.2, 0) is 0 Å². The van der Waals surface area contributed by atoms with Gasteiger partial charge in [0.1, 0.15) is 5.75 Å². The summed E-state index contributed by atoms with van der Waals surface area (Å²) in [5.41, 5.74) is 0. The van der Waals surface area contributed by atoms with E-state index in [9.17, 15) is 13.2 Å². The second kappa shape index (κ2) is 3.18. The summed E-state index contributed by atoms with van der Waals surface area (Å²) in [6.45, 7) is 0. The molecule has 0 aliphatic heterocycles. The Bertz CT molecular complexity index is 254. The molecule has 0 spiro atoms. The minimum atomic E-state index is -4.64. The molecular weight excluding hydrogens is 189 g/mol. The maximum absolute atomic E-state index is 11.6. The first-order valence-electron chi connectivity index (χ1n) is 3.00. The molecule has 0 heterocycles. The zero-order valence-electron chi connectivity index (χ0n) is 5.76. The average molecular weight is 193 g/mol. The van der Waals surface area contributed by atoms with E-state index in [2.05, 4.69) is 17.4 Å². The third-order valence-corrected chi connectivity index (χ3v) is 1.33. The fraction of sp³-hybridized carbons (Fsp3) is 0.143. The van der Waals surface area contributed by atoms with Gasteiger partial charge in [-0.05, 0) is 24.3 Å². The molecular formula is C7H4F3OS. The van der Waals surface area contributed by atoms with E-state index in [4.69, 9.17) is 0 Å². The third-order valence-electron chi connectivity index (χ3n) is 1.06. The number of ether oxygens (including phenoxy) is 1. The van der Waals surface area contributed by atoms with Crippen molar-refractivity contribution in [1.29, 1.82) is 0 Å². The zero-order chi connectivity index (χ0) is 9.19. The SMILES string of the molecule is FC(F)(F)Oc1ccc([S])cc1. The van der Waals surface area contributed by atoms with E-state index < -0.39 is 6.36 Å². The first-order chi connectivity index (χ1) is 5.47. The van der Waals surface area contributed by atoms with Crippen LogP contribution in [0.3, 0.4) is 0 Å². The highest BCUT2D eigenvalue weighted by Crippen LogP contribution is 2.23. The first kappa shape index (κ1) is 9.12. The van der Waals surface area contributed by atoms with E-state index in [1.54, 1.807) is 0 Å². The molecule has 0 aromatic heterocycles. The minimum Gasteiger partial charge on any atom is -0.406 e. The van der Waals surface area contributed by atoms with Crippen molar-refractivity contribution in [3.63, 3.8) is 0 Å². The molecule has 1 radical (unpaired) electrons. The van der Waals surface area contributed by atoms with Crippen LogP contribution in [0.25, 0.3) is 0 Å². The summed E-state index contributed by atoms with van der Waals surface area (Å²) in [6.07, 6.45) is -4.64. The summed E-state index contributed by atoms with van der Waals surface area (Å²) in [4.78, 5) is 0.476. The standard InChI is InChI=1S/C7H4F3OS/c8-7(9,10)11-5-1-3-6(12)4-2-5/h1-4H. The summed E-state index contributed by atoms with van der Waals surface area (Å²) in [5, 5.41) is 0. The van der Waals surface area contributed by atoms with Crippen LogP contribution in [0.5, 0.6) is 5.75 Å². The van der Waals surface area contributed by atoms with Gasteiger partial charge in [-0.2, -0.15) is 0 Å². The Labute approximate surface area is 72.6 Å². The smallest absolute Gasteiger partial charge is 0.406 e. The molecule has 0 fully saturated rings. The van der Waals surface area contributed by atoms with Gasteiger partial charge in [-0.1, -0.05) is 12.6 Å². The van der Waals surface area contributed by atoms with Gasteiger partial charge in [-0.25, -0.2) is 0 Å². The van der Waals surface area contributed by atoms with Gasteiger partial charge in [0, 0.05) is 4.90 Å². The minimum absolute atomic E-state index is 0.254. The number of hydrogen-bond acceptors (Lipinski definition) is 1. The Kier molecular flexibility index (Phi) is 2.42. The fourth-order valence-electron chi connectivity index (χ4n) is 0.641. The topological polar surface area (TPSA) is 9.23 Å². The fourth-order valence-corrected chi connectivity index (χ4v) is 0.777. The highest BCUT2D eigenvalue weighted by atomic mass is 32.1. The molecule has 0 saturated carbocycles. The molecule has 0 N–H and O–H groups in total. The molecule has 1 aromatic carbocycles. The van der Waals surface area contributed by atoms with Crippen LogP contribution in [0.1, 0.15) is 0 Å². The second-order valence-electron chi connectivity index (χ2n) is 2.02. The highest BCUT2D eigenvalue weighted by molar-refractivity contribution is 7.80. The average Bonchev–Trinajstić information content (AvgIpc) is 1.91. The summed E-state index contributed by atoms with van der Waals surface area (Å²) >= 11 is 4.68. The summed E-state index contributed by atoms with van der Waals surface area (Å²) in [5.74, 6) is -0.254. The van der Waals surface area contributed by atoms with Crippen molar-refractivity contribution in [3.8, 4) is 5.75 Å². The monoisotopic (exact) mass is 193 g/mol. The molecule has 0 aliphatic rings. The Hall–Kier alpha value is -0.970. The van der Waals surface area contributed by atoms with Crippen LogP contribution >= 0.6 is 12.6 Å². The van der Waals surface area contributed by atoms with Gasteiger partial charge in [-0.15, -0.1) is 13.2 Å². The van der Waals surface area contributed by atoms with Crippen molar-refractivity contribution < 1.29 is 17.9 Å². The van der Waals surface area contributed by atoms with Gasteiger partial charge in [0.15, 0.2) is 0 Å². The lowest BCUT2D eigenvalue weighted by atomic mass is 10.3. The molecule has 65 valence electrons. The van der Waals surface area contributed by atoms with Gasteiger partial charge in [0.2, 0.25) is 0 Å². The maximum Gasteiger partial charge on any atom is 0.573 e. The van der Waals surface area contributed by atoms with Crippen LogP contribution in [0.15, 0.2) is 29.2 Å². The third kappa shape index (κ3) is 2.96. The molecule has 1 rings (SSSR count). The lowest BCUT2D eigenvalue weighted by molar-refractivity contribution is -0.274. The molecule has 0 aliphatic carbocycles. The quantitative estimate of drug-likeness (QED) is 0.665. The Morgan fingerprint density at radius 2 is 1.58 bits per heavy atom. The Morgan fingerprint density at radius 1 is 1.08 bits per heavy atom. The molecule has 0 unspecified atom stereocenters. The van der Waals surface area contributed by atoms with E-state index in [0.717, 1.165) is 0 Å². The lowest BCUT2D eigenvalue weighted by Crippen LogP contribution is -2.16. The van der Waals surface area contributed by atoms with Crippen LogP contribution in [0.4, 0.5) is 13.2 Å². The predicted molar refractivity (Wildman–Crippen MR) is 39.0 cm³/mol. The Morgan fingerprint density at radius 3 is 2.00 bits per heavy atom. The van der Waals surface area contributed by atoms with Gasteiger partial charge in [0.05, 0.1) is 0 Å². The molecule has 0 saturated heterocycles. The summed E-state index contributed by atoms with van der Waals surface area (Å²) in [6, 6.07) is 5.10. The van der Waals surface area contributed by atoms with Crippen molar-refractivity contribution in [2.45, 2.75) is 11.3 Å². The number of rotatable bonds is 1. The number of benzene rings is 1. The molecule has 1 nitrogen and oxygen atoms in total. The zero-order valence-corrected chi connectivity index (χ0v) is 6.58. The van der Waals surface area contributed by atoms with Crippen LogP contribution < -0.4 is 4.74 Å². The van der Waals surface area contributed by atoms with E-state index in [0.29, 0.717) is 4.90 Å². The van der Waals surface area contributed by atoms with Crippen molar-refractivity contribution in [1.82, 2.24) is 0 Å². The van der Waals surface area contributed by atoms with Crippen molar-refractivity contribution in [2.24, 2.45) is 0 Å². The number of halogens is 3. The molecule has 0 atom stereocenters. The molecule has 5 heteroatoms. The Balaban J connectivity index is 2.71. The van der Waals surface area contributed by atoms with Crippen LogP contribution in [-0.4, -0.2) is 6.36 Å². The number of hydrogen-bond donors (Lipinski definition) is 0. The molecule has 1 aromatic rings. The van der Waals surface area contributed by atoms with Crippen molar-refractivity contribution in [3.05, 3.63) is 24.3 Å². The van der Waals surface area contributed by atoms with Crippen molar-refractivity contribution in [2.75, 3.05) is 0 Å². The van der Waals surface area contributed by atoms with E-state index in [-0.39, 0.29) is 5.75 Å². The second-order valence-corrected chi connectivity index (χ2v) is 2.49. The molecule has 12 heavy (non-hydrogen) atoms. The largest absolute Gasteiger partial charge is 0.573 e. The van der Waals surface area contributed by atoms with Crippen molar-refractivity contribution >= 4 is 12.6 Å². The van der Waals surface area contributed by atoms with E-state index in [1.807, 2.05) is 0 Å². The van der Waals surface area contributed by atoms with E-state index >= 15 is 0 Å². The summed E-state index contributed by atoms with van der Waals surface area (Å²) in [7, 11) is 0. The normalized spacial score (nSPS) is 11.2. The van der Waals surface area contributed by atoms with E-state index in [1.165, 1.54) is 24.3 Å². The maximum atomic E-state index is 11.6. The first-order valence-corrected chi connectivity index (χ1v) is 3.41. The van der Waals surface area contributed by atoms with Gasteiger partial charge in [0.25, 0.3) is 0 Å². The summed E-state index contributed by atoms with van der Waals surface area (Å²) < 4.78 is 38.4. The van der Waals surface area contributed by atoms with Crippen LogP contribution in [0, 0.1) is 0 Å². The lowest BCUT2D eigenvalue weighted by Gasteiger charge is -2.07. The van der Waals surface area contributed by atoms with Gasteiger partial charge in [-0.3, -0.25) is 0 Å². The molecule has 0 amide bonds. The van der Waals surface area contributed by atoms with Crippen LogP contribution in [0.2, 0.25) is 0 Å².